The van der Waals surface area contributed by atoms with E-state index in [2.05, 4.69) is 17.3 Å². The van der Waals surface area contributed by atoms with Crippen LogP contribution < -0.4 is 16.6 Å². The van der Waals surface area contributed by atoms with E-state index in [1.165, 1.54) is 23.5 Å². The minimum atomic E-state index is -1.30. The Morgan fingerprint density at radius 2 is 2.00 bits per heavy atom. The zero-order valence-corrected chi connectivity index (χ0v) is 17.5. The molecule has 160 valence electrons. The van der Waals surface area contributed by atoms with E-state index in [4.69, 9.17) is 5.73 Å². The summed E-state index contributed by atoms with van der Waals surface area (Å²) in [6, 6.07) is 6.20. The van der Waals surface area contributed by atoms with Crippen molar-refractivity contribution in [1.29, 1.82) is 0 Å². The average molecular weight is 440 g/mol. The van der Waals surface area contributed by atoms with Crippen LogP contribution in [0.2, 0.25) is 0 Å². The fraction of sp³-hybridized carbons (Fsp3) is 0.286. The third-order valence-corrected chi connectivity index (χ3v) is 6.54. The summed E-state index contributed by atoms with van der Waals surface area (Å²) in [5, 5.41) is 16.7. The van der Waals surface area contributed by atoms with Gasteiger partial charge in [0, 0.05) is 10.3 Å². The molecule has 0 spiro atoms. The first-order valence-corrected chi connectivity index (χ1v) is 10.5. The first-order valence-electron chi connectivity index (χ1n) is 9.73. The Kier molecular flexibility index (Phi) is 5.32. The lowest BCUT2D eigenvalue weighted by Gasteiger charge is -2.18. The van der Waals surface area contributed by atoms with Crippen molar-refractivity contribution in [2.75, 3.05) is 5.32 Å². The minimum absolute atomic E-state index is 0.154. The van der Waals surface area contributed by atoms with Crippen LogP contribution in [0.25, 0.3) is 10.8 Å². The molecule has 1 unspecified atom stereocenters. The SMILES string of the molecule is CC1CCc2c(sc(NC(=O)Cn3nc(C(=O)O)c4ccccc4c3=O)c2C(N)=O)C1. The number of aromatic nitrogens is 2. The molecule has 0 fully saturated rings. The Bertz CT molecular complexity index is 1290. The Balaban J connectivity index is 1.67. The first kappa shape index (κ1) is 20.7. The second kappa shape index (κ2) is 7.95. The molecule has 1 aliphatic rings. The van der Waals surface area contributed by atoms with Crippen LogP contribution in [0.5, 0.6) is 0 Å². The average Bonchev–Trinajstić information content (AvgIpc) is 3.06. The second-order valence-electron chi connectivity index (χ2n) is 7.63. The number of rotatable bonds is 5. The lowest BCUT2D eigenvalue weighted by atomic mass is 9.88. The van der Waals surface area contributed by atoms with E-state index in [0.29, 0.717) is 16.5 Å². The van der Waals surface area contributed by atoms with Gasteiger partial charge >= 0.3 is 5.97 Å². The van der Waals surface area contributed by atoms with Gasteiger partial charge in [-0.25, -0.2) is 9.48 Å². The summed E-state index contributed by atoms with van der Waals surface area (Å²) in [7, 11) is 0. The van der Waals surface area contributed by atoms with Crippen LogP contribution >= 0.6 is 11.3 Å². The summed E-state index contributed by atoms with van der Waals surface area (Å²) in [5.41, 5.74) is 5.86. The molecule has 1 atom stereocenters. The molecule has 2 heterocycles. The van der Waals surface area contributed by atoms with Crippen LogP contribution in [0.1, 0.15) is 44.6 Å². The fourth-order valence-corrected chi connectivity index (χ4v) is 5.33. The van der Waals surface area contributed by atoms with Gasteiger partial charge in [0.15, 0.2) is 5.69 Å². The van der Waals surface area contributed by atoms with E-state index in [1.807, 2.05) is 0 Å². The molecule has 0 saturated carbocycles. The zero-order chi connectivity index (χ0) is 22.3. The van der Waals surface area contributed by atoms with Crippen LogP contribution in [-0.2, 0) is 24.2 Å². The molecular formula is C21H20N4O5S. The smallest absolute Gasteiger partial charge is 0.357 e. The van der Waals surface area contributed by atoms with Crippen molar-refractivity contribution < 1.29 is 19.5 Å². The highest BCUT2D eigenvalue weighted by molar-refractivity contribution is 7.17. The number of carbonyl (C=O) groups excluding carboxylic acids is 2. The number of primary amides is 1. The Morgan fingerprint density at radius 1 is 1.29 bits per heavy atom. The molecule has 0 saturated heterocycles. The van der Waals surface area contributed by atoms with Crippen molar-refractivity contribution in [3.05, 3.63) is 56.3 Å². The van der Waals surface area contributed by atoms with E-state index in [0.717, 1.165) is 34.4 Å². The maximum Gasteiger partial charge on any atom is 0.357 e. The Morgan fingerprint density at radius 3 is 2.68 bits per heavy atom. The molecule has 0 radical (unpaired) electrons. The molecule has 2 aromatic heterocycles. The number of nitrogens with one attached hydrogen (secondary N) is 1. The highest BCUT2D eigenvalue weighted by atomic mass is 32.1. The van der Waals surface area contributed by atoms with Crippen LogP contribution in [0.15, 0.2) is 29.1 Å². The van der Waals surface area contributed by atoms with Crippen LogP contribution in [0.3, 0.4) is 0 Å². The molecule has 4 N–H and O–H groups in total. The van der Waals surface area contributed by atoms with E-state index in [1.54, 1.807) is 12.1 Å². The topological polar surface area (TPSA) is 144 Å². The summed E-state index contributed by atoms with van der Waals surface area (Å²) >= 11 is 1.31. The van der Waals surface area contributed by atoms with Crippen molar-refractivity contribution in [3.63, 3.8) is 0 Å². The van der Waals surface area contributed by atoms with Gasteiger partial charge in [0.25, 0.3) is 11.5 Å². The molecule has 1 aromatic carbocycles. The minimum Gasteiger partial charge on any atom is -0.476 e. The summed E-state index contributed by atoms with van der Waals surface area (Å²) in [6.07, 6.45) is 2.46. The number of carboxylic acid groups (broad SMARTS) is 1. The maximum absolute atomic E-state index is 12.7. The van der Waals surface area contributed by atoms with Crippen LogP contribution in [-0.4, -0.2) is 32.7 Å². The Labute approximate surface area is 180 Å². The number of nitrogens with zero attached hydrogens (tertiary/aromatic N) is 2. The maximum atomic E-state index is 12.7. The highest BCUT2D eigenvalue weighted by Gasteiger charge is 2.27. The van der Waals surface area contributed by atoms with Crippen molar-refractivity contribution in [3.8, 4) is 0 Å². The van der Waals surface area contributed by atoms with Crippen molar-refractivity contribution in [1.82, 2.24) is 9.78 Å². The van der Waals surface area contributed by atoms with Gasteiger partial charge in [-0.15, -0.1) is 11.3 Å². The largest absolute Gasteiger partial charge is 0.476 e. The van der Waals surface area contributed by atoms with Gasteiger partial charge < -0.3 is 16.2 Å². The summed E-state index contributed by atoms with van der Waals surface area (Å²) in [6.45, 7) is 1.63. The van der Waals surface area contributed by atoms with Gasteiger partial charge in [-0.05, 0) is 36.8 Å². The molecule has 9 nitrogen and oxygen atoms in total. The zero-order valence-electron chi connectivity index (χ0n) is 16.7. The molecular weight excluding hydrogens is 420 g/mol. The third-order valence-electron chi connectivity index (χ3n) is 5.37. The molecule has 4 rings (SSSR count). The number of amides is 2. The van der Waals surface area contributed by atoms with Gasteiger partial charge in [0.05, 0.1) is 10.9 Å². The lowest BCUT2D eigenvalue weighted by Crippen LogP contribution is -2.31. The fourth-order valence-electron chi connectivity index (χ4n) is 3.90. The van der Waals surface area contributed by atoms with Gasteiger partial charge in [0.2, 0.25) is 5.91 Å². The summed E-state index contributed by atoms with van der Waals surface area (Å²) < 4.78 is 0.820. The molecule has 10 heteroatoms. The third kappa shape index (κ3) is 3.81. The second-order valence-corrected chi connectivity index (χ2v) is 8.74. The predicted molar refractivity (Wildman–Crippen MR) is 116 cm³/mol. The summed E-state index contributed by atoms with van der Waals surface area (Å²) in [5.74, 6) is -2.04. The number of aromatic carboxylic acids is 1. The van der Waals surface area contributed by atoms with Crippen LogP contribution in [0, 0.1) is 5.92 Å². The molecule has 0 aliphatic heterocycles. The number of anilines is 1. The molecule has 31 heavy (non-hydrogen) atoms. The number of nitrogens with two attached hydrogens (primary N) is 1. The first-order chi connectivity index (χ1) is 14.8. The lowest BCUT2D eigenvalue weighted by molar-refractivity contribution is -0.117. The Hall–Kier alpha value is -3.53. The van der Waals surface area contributed by atoms with E-state index in [9.17, 15) is 24.3 Å². The number of fused-ring (bicyclic) bond motifs is 2. The quantitative estimate of drug-likeness (QED) is 0.554. The number of hydrogen-bond donors (Lipinski definition) is 3. The van der Waals surface area contributed by atoms with Gasteiger partial charge in [0.1, 0.15) is 11.5 Å². The number of hydrogen-bond acceptors (Lipinski definition) is 6. The monoisotopic (exact) mass is 440 g/mol. The van der Waals surface area contributed by atoms with E-state index >= 15 is 0 Å². The van der Waals surface area contributed by atoms with Gasteiger partial charge in [-0.1, -0.05) is 25.1 Å². The van der Waals surface area contributed by atoms with Crippen molar-refractivity contribution in [2.45, 2.75) is 32.7 Å². The van der Waals surface area contributed by atoms with E-state index in [-0.39, 0.29) is 16.5 Å². The van der Waals surface area contributed by atoms with Crippen molar-refractivity contribution >= 4 is 44.9 Å². The van der Waals surface area contributed by atoms with Gasteiger partial charge in [-0.3, -0.25) is 14.4 Å². The van der Waals surface area contributed by atoms with Crippen LogP contribution in [0.4, 0.5) is 5.00 Å². The predicted octanol–water partition coefficient (Wildman–Crippen LogP) is 2.02. The van der Waals surface area contributed by atoms with E-state index < -0.39 is 29.9 Å². The standard InChI is InChI=1S/C21H20N4O5S/c1-10-6-7-13-14(8-10)31-19(16(13)18(22)27)23-15(26)9-25-20(28)12-5-3-2-4-11(12)17(24-25)21(29)30/h2-5,10H,6-9H2,1H3,(H2,22,27)(H,23,26)(H,29,30). The van der Waals surface area contributed by atoms with Gasteiger partial charge in [-0.2, -0.15) is 5.10 Å². The normalized spacial score (nSPS) is 15.5. The van der Waals surface area contributed by atoms with Crippen molar-refractivity contribution in [2.24, 2.45) is 11.7 Å². The summed E-state index contributed by atoms with van der Waals surface area (Å²) in [4.78, 5) is 50.1. The molecule has 1 aliphatic carbocycles. The number of benzene rings is 1. The molecule has 2 amide bonds. The number of carboxylic acids is 1. The molecule has 3 aromatic rings. The number of carbonyl (C=O) groups is 3. The number of thiophene rings is 1. The molecule has 0 bridgehead atoms. The highest BCUT2D eigenvalue weighted by Crippen LogP contribution is 2.39.